The number of amides is 1. The maximum atomic E-state index is 13.1. The van der Waals surface area contributed by atoms with Crippen molar-refractivity contribution in [3.8, 4) is 0 Å². The molecule has 25 heavy (non-hydrogen) atoms. The minimum atomic E-state index is -2.05. The van der Waals surface area contributed by atoms with Crippen molar-refractivity contribution in [3.63, 3.8) is 0 Å². The molecule has 1 atom stereocenters. The summed E-state index contributed by atoms with van der Waals surface area (Å²) in [5, 5.41) is 0. The Hall–Kier alpha value is -2.47. The molecule has 0 bridgehead atoms. The number of carbonyl (C=O) groups excluding carboxylic acids is 3. The van der Waals surface area contributed by atoms with Gasteiger partial charge in [0.2, 0.25) is 5.78 Å². The lowest BCUT2D eigenvalue weighted by atomic mass is 9.89. The molecule has 1 aliphatic heterocycles. The van der Waals surface area contributed by atoms with Crippen LogP contribution in [0, 0.1) is 0 Å². The maximum absolute atomic E-state index is 13.1. The van der Waals surface area contributed by atoms with Crippen LogP contribution >= 0.6 is 15.9 Å². The van der Waals surface area contributed by atoms with Crippen LogP contribution in [0.5, 0.6) is 0 Å². The monoisotopic (exact) mass is 401 g/mol. The van der Waals surface area contributed by atoms with Gasteiger partial charge in [0, 0.05) is 5.56 Å². The van der Waals surface area contributed by atoms with Gasteiger partial charge in [-0.1, -0.05) is 58.4 Å². The van der Waals surface area contributed by atoms with Crippen molar-refractivity contribution in [2.24, 2.45) is 0 Å². The number of ether oxygens (including phenoxy) is 1. The van der Waals surface area contributed by atoms with Crippen LogP contribution in [0.25, 0.3) is 0 Å². The van der Waals surface area contributed by atoms with E-state index in [1.807, 2.05) is 30.3 Å². The van der Waals surface area contributed by atoms with Crippen LogP contribution in [0.1, 0.15) is 22.8 Å². The molecule has 128 valence electrons. The summed E-state index contributed by atoms with van der Waals surface area (Å²) in [6.07, 6.45) is 0. The molecule has 0 spiro atoms. The van der Waals surface area contributed by atoms with Gasteiger partial charge in [-0.25, -0.2) is 4.79 Å². The van der Waals surface area contributed by atoms with Crippen LogP contribution in [0.3, 0.4) is 0 Å². The van der Waals surface area contributed by atoms with Crippen molar-refractivity contribution in [2.45, 2.75) is 17.8 Å². The lowest BCUT2D eigenvalue weighted by Gasteiger charge is -2.36. The number of anilines is 1. The van der Waals surface area contributed by atoms with Gasteiger partial charge in [0.15, 0.2) is 0 Å². The minimum absolute atomic E-state index is 0.0765. The molecule has 0 unspecified atom stereocenters. The molecule has 0 saturated heterocycles. The van der Waals surface area contributed by atoms with Crippen molar-refractivity contribution in [3.05, 3.63) is 65.7 Å². The summed E-state index contributed by atoms with van der Waals surface area (Å²) in [6.45, 7) is 1.95. The molecule has 0 radical (unpaired) electrons. The molecular weight excluding hydrogens is 386 g/mol. The zero-order valence-electron chi connectivity index (χ0n) is 13.6. The molecule has 6 heteroatoms. The molecule has 0 N–H and O–H groups in total. The van der Waals surface area contributed by atoms with Crippen LogP contribution in [0.15, 0.2) is 54.6 Å². The van der Waals surface area contributed by atoms with E-state index in [0.29, 0.717) is 11.3 Å². The second kappa shape index (κ2) is 6.80. The number of hydrogen-bond donors (Lipinski definition) is 0. The number of carbonyl (C=O) groups is 3. The van der Waals surface area contributed by atoms with Crippen molar-refractivity contribution in [1.82, 2.24) is 0 Å². The van der Waals surface area contributed by atoms with Crippen LogP contribution in [-0.4, -0.2) is 28.6 Å². The Kier molecular flexibility index (Phi) is 4.72. The van der Waals surface area contributed by atoms with Gasteiger partial charge in [-0.2, -0.15) is 0 Å². The van der Waals surface area contributed by atoms with Crippen molar-refractivity contribution in [2.75, 3.05) is 11.5 Å². The number of rotatable bonds is 4. The van der Waals surface area contributed by atoms with Gasteiger partial charge in [0.05, 0.1) is 18.8 Å². The zero-order chi connectivity index (χ0) is 18.0. The van der Waals surface area contributed by atoms with E-state index in [-0.39, 0.29) is 13.2 Å². The Labute approximate surface area is 153 Å². The molecule has 2 aromatic carbocycles. The maximum Gasteiger partial charge on any atom is 0.340 e. The van der Waals surface area contributed by atoms with Gasteiger partial charge in [-0.05, 0) is 24.6 Å². The number of Topliss-reactive ketones (excluding diaryl/α,β-unsaturated/α-hetero) is 1. The topological polar surface area (TPSA) is 63.7 Å². The number of esters is 1. The van der Waals surface area contributed by atoms with Crippen molar-refractivity contribution in [1.29, 1.82) is 0 Å². The van der Waals surface area contributed by atoms with Gasteiger partial charge in [-0.15, -0.1) is 0 Å². The molecule has 5 nitrogen and oxygen atoms in total. The molecule has 0 fully saturated rings. The largest absolute Gasteiger partial charge is 0.464 e. The Morgan fingerprint density at radius 2 is 1.72 bits per heavy atom. The highest BCUT2D eigenvalue weighted by atomic mass is 79.9. The first-order valence-corrected chi connectivity index (χ1v) is 8.65. The first kappa shape index (κ1) is 17.4. The van der Waals surface area contributed by atoms with Crippen LogP contribution in [0.2, 0.25) is 0 Å². The van der Waals surface area contributed by atoms with E-state index >= 15 is 0 Å². The van der Waals surface area contributed by atoms with E-state index in [4.69, 9.17) is 4.74 Å². The second-order valence-electron chi connectivity index (χ2n) is 5.60. The Bertz CT molecular complexity index is 836. The summed E-state index contributed by atoms with van der Waals surface area (Å²) in [5.74, 6) is -2.13. The van der Waals surface area contributed by atoms with Crippen LogP contribution in [-0.2, 0) is 20.9 Å². The quantitative estimate of drug-likeness (QED) is 0.448. The Morgan fingerprint density at radius 1 is 1.08 bits per heavy atom. The fraction of sp³-hybridized carbons (Fsp3) is 0.211. The van der Waals surface area contributed by atoms with Gasteiger partial charge in [-0.3, -0.25) is 9.59 Å². The molecule has 1 aliphatic rings. The lowest BCUT2D eigenvalue weighted by molar-refractivity contribution is -0.147. The predicted molar refractivity (Wildman–Crippen MR) is 96.7 cm³/mol. The summed E-state index contributed by atoms with van der Waals surface area (Å²) < 4.78 is 2.94. The highest BCUT2D eigenvalue weighted by Crippen LogP contribution is 2.39. The van der Waals surface area contributed by atoms with Crippen molar-refractivity contribution >= 4 is 39.3 Å². The van der Waals surface area contributed by atoms with Gasteiger partial charge < -0.3 is 9.64 Å². The summed E-state index contributed by atoms with van der Waals surface area (Å²) in [4.78, 5) is 39.8. The first-order valence-electron chi connectivity index (χ1n) is 7.86. The van der Waals surface area contributed by atoms with E-state index in [9.17, 15) is 14.4 Å². The van der Waals surface area contributed by atoms with Crippen LogP contribution < -0.4 is 4.90 Å². The summed E-state index contributed by atoms with van der Waals surface area (Å²) in [7, 11) is 0. The third-order valence-corrected chi connectivity index (χ3v) is 5.06. The second-order valence-corrected chi connectivity index (χ2v) is 6.79. The van der Waals surface area contributed by atoms with Gasteiger partial charge in [0.1, 0.15) is 0 Å². The average Bonchev–Trinajstić information content (AvgIpc) is 2.64. The Morgan fingerprint density at radius 3 is 2.40 bits per heavy atom. The third-order valence-electron chi connectivity index (χ3n) is 4.03. The molecule has 0 saturated carbocycles. The standard InChI is InChI=1S/C19H16BrNO4/c1-2-25-18(24)19(20)16(22)14-10-6-7-11-15(14)21(17(19)23)12-13-8-4-3-5-9-13/h3-11H,2,12H2,1H3/t19-/m1/s1. The van der Waals surface area contributed by atoms with E-state index in [1.165, 1.54) is 4.90 Å². The van der Waals surface area contributed by atoms with E-state index in [0.717, 1.165) is 5.56 Å². The number of nitrogens with zero attached hydrogens (tertiary/aromatic N) is 1. The number of para-hydroxylation sites is 1. The Balaban J connectivity index is 2.10. The molecule has 1 amide bonds. The van der Waals surface area contributed by atoms with Crippen LogP contribution in [0.4, 0.5) is 5.69 Å². The lowest BCUT2D eigenvalue weighted by Crippen LogP contribution is -2.59. The number of halogens is 1. The average molecular weight is 402 g/mol. The number of benzene rings is 2. The fourth-order valence-electron chi connectivity index (χ4n) is 2.81. The molecule has 1 heterocycles. The zero-order valence-corrected chi connectivity index (χ0v) is 15.2. The summed E-state index contributed by atoms with van der Waals surface area (Å²) in [6, 6.07) is 16.1. The molecule has 2 aromatic rings. The summed E-state index contributed by atoms with van der Waals surface area (Å²) in [5.41, 5.74) is 1.68. The number of alkyl halides is 1. The number of fused-ring (bicyclic) bond motifs is 1. The highest BCUT2D eigenvalue weighted by molar-refractivity contribution is 9.11. The normalized spacial score (nSPS) is 19.5. The highest BCUT2D eigenvalue weighted by Gasteiger charge is 2.58. The molecule has 0 aliphatic carbocycles. The van der Waals surface area contributed by atoms with Crippen molar-refractivity contribution < 1.29 is 19.1 Å². The smallest absolute Gasteiger partial charge is 0.340 e. The molecule has 0 aromatic heterocycles. The molecular formula is C19H16BrNO4. The number of hydrogen-bond acceptors (Lipinski definition) is 4. The number of ketones is 1. The van der Waals surface area contributed by atoms with Gasteiger partial charge >= 0.3 is 5.97 Å². The summed E-state index contributed by atoms with van der Waals surface area (Å²) >= 11 is 3.10. The fourth-order valence-corrected chi connectivity index (χ4v) is 3.35. The van der Waals surface area contributed by atoms with E-state index in [1.54, 1.807) is 31.2 Å². The van der Waals surface area contributed by atoms with E-state index in [2.05, 4.69) is 15.9 Å². The predicted octanol–water partition coefficient (Wildman–Crippen LogP) is 3.11. The SMILES string of the molecule is CCOC(=O)[C@@]1(Br)C(=O)c2ccccc2N(Cc2ccccc2)C1=O. The van der Waals surface area contributed by atoms with E-state index < -0.39 is 22.0 Å². The molecule has 3 rings (SSSR count). The third kappa shape index (κ3) is 2.87. The first-order chi connectivity index (χ1) is 12.0. The van der Waals surface area contributed by atoms with Gasteiger partial charge in [0.25, 0.3) is 10.2 Å². The minimum Gasteiger partial charge on any atom is -0.464 e.